The van der Waals surface area contributed by atoms with Crippen LogP contribution in [0.15, 0.2) is 291 Å². The van der Waals surface area contributed by atoms with Gasteiger partial charge in [-0.2, -0.15) is 0 Å². The number of nitrogens with zero attached hydrogens (tertiary/aromatic N) is 2. The average Bonchev–Trinajstić information content (AvgIpc) is 1.75. The van der Waals surface area contributed by atoms with Gasteiger partial charge in [-0.25, -0.2) is 0 Å². The van der Waals surface area contributed by atoms with E-state index >= 15 is 0 Å². The van der Waals surface area contributed by atoms with Gasteiger partial charge in [0.2, 0.25) is 0 Å². The summed E-state index contributed by atoms with van der Waals surface area (Å²) in [6, 6.07) is 97.6. The van der Waals surface area contributed by atoms with Crippen molar-refractivity contribution in [1.29, 1.82) is 0 Å². The molecule has 0 unspecified atom stereocenters. The molecule has 4 aromatic heterocycles. The van der Waals surface area contributed by atoms with E-state index in [9.17, 15) is 0 Å². The fourth-order valence-electron chi connectivity index (χ4n) is 14.6. The van der Waals surface area contributed by atoms with Gasteiger partial charge >= 0.3 is 0 Å². The van der Waals surface area contributed by atoms with Crippen LogP contribution < -0.4 is 26.2 Å². The highest BCUT2D eigenvalue weighted by molar-refractivity contribution is 7.03. The summed E-state index contributed by atoms with van der Waals surface area (Å²) in [5.74, 6) is 0. The van der Waals surface area contributed by atoms with E-state index in [1.54, 1.807) is 0 Å². The van der Waals surface area contributed by atoms with Gasteiger partial charge in [0.05, 0.1) is 22.7 Å². The van der Waals surface area contributed by atoms with E-state index in [1.807, 2.05) is 0 Å². The minimum absolute atomic E-state index is 0.546. The molecule has 2 aliphatic heterocycles. The van der Waals surface area contributed by atoms with Gasteiger partial charge in [-0.05, 0) is 87.4 Å². The normalized spacial score (nSPS) is 12.9. The minimum atomic E-state index is -0.546. The first-order valence-electron chi connectivity index (χ1n) is 29.0. The Bertz CT molecular complexity index is 5340. The van der Waals surface area contributed by atoms with Crippen LogP contribution in [0.2, 0.25) is 0 Å². The van der Waals surface area contributed by atoms with Crippen molar-refractivity contribution in [2.24, 2.45) is 0 Å². The van der Waals surface area contributed by atoms with E-state index in [-0.39, 0.29) is 0 Å². The van der Waals surface area contributed by atoms with Crippen LogP contribution in [0.1, 0.15) is 0 Å². The summed E-state index contributed by atoms with van der Waals surface area (Å²) in [6.07, 6.45) is 0. The van der Waals surface area contributed by atoms with Gasteiger partial charge in [-0.15, -0.1) is 0 Å². The minimum Gasteiger partial charge on any atom is -0.456 e. The largest absolute Gasteiger partial charge is 0.456 e. The number of rotatable bonds is 6. The molecular formula is C78H45BN2O4. The first-order chi connectivity index (χ1) is 42.2. The summed E-state index contributed by atoms with van der Waals surface area (Å²) >= 11 is 0. The topological polar surface area (TPSA) is 59.0 Å². The quantitative estimate of drug-likeness (QED) is 0.155. The fraction of sp³-hybridized carbons (Fsp3) is 0. The zero-order valence-electron chi connectivity index (χ0n) is 45.6. The molecule has 19 rings (SSSR count). The Balaban J connectivity index is 1.09. The number of hydrogen-bond acceptors (Lipinski definition) is 6. The van der Waals surface area contributed by atoms with E-state index in [0.29, 0.717) is 0 Å². The Morgan fingerprint density at radius 2 is 0.529 bits per heavy atom. The Morgan fingerprint density at radius 3 is 0.929 bits per heavy atom. The maximum Gasteiger partial charge on any atom is 0.262 e. The molecule has 0 spiro atoms. The molecule has 0 amide bonds. The fourth-order valence-corrected chi connectivity index (χ4v) is 14.6. The van der Waals surface area contributed by atoms with Crippen LogP contribution in [0.5, 0.6) is 0 Å². The lowest BCUT2D eigenvalue weighted by Gasteiger charge is -2.44. The summed E-state index contributed by atoms with van der Waals surface area (Å²) in [6.45, 7) is -0.546. The molecule has 17 aromatic rings. The van der Waals surface area contributed by atoms with Gasteiger partial charge in [0.25, 0.3) is 6.71 Å². The second-order valence-corrected chi connectivity index (χ2v) is 22.4. The number of fused-ring (bicyclic) bond motifs is 22. The second-order valence-electron chi connectivity index (χ2n) is 22.4. The first kappa shape index (κ1) is 46.3. The van der Waals surface area contributed by atoms with Crippen LogP contribution in [-0.2, 0) is 0 Å². The van der Waals surface area contributed by atoms with Crippen LogP contribution in [0, 0.1) is 0 Å². The predicted octanol–water partition coefficient (Wildman–Crippen LogP) is 20.0. The molecule has 0 radical (unpaired) electrons. The van der Waals surface area contributed by atoms with Crippen LogP contribution in [0.3, 0.4) is 0 Å². The molecule has 6 nitrogen and oxygen atoms in total. The van der Waals surface area contributed by atoms with Crippen LogP contribution in [0.25, 0.3) is 132 Å². The van der Waals surface area contributed by atoms with Crippen molar-refractivity contribution in [2.75, 3.05) is 9.80 Å². The summed E-state index contributed by atoms with van der Waals surface area (Å²) in [7, 11) is 0. The van der Waals surface area contributed by atoms with E-state index in [2.05, 4.69) is 283 Å². The number of para-hydroxylation sites is 6. The smallest absolute Gasteiger partial charge is 0.262 e. The van der Waals surface area contributed by atoms with Crippen LogP contribution in [0.4, 0.5) is 34.1 Å². The van der Waals surface area contributed by atoms with Crippen molar-refractivity contribution in [2.45, 2.75) is 0 Å². The Kier molecular flexibility index (Phi) is 9.61. The molecule has 13 aromatic carbocycles. The lowest BCUT2D eigenvalue weighted by molar-refractivity contribution is 0.664. The zero-order chi connectivity index (χ0) is 55.4. The maximum atomic E-state index is 7.62. The van der Waals surface area contributed by atoms with Gasteiger partial charge in [0.1, 0.15) is 33.5 Å². The molecule has 0 atom stereocenters. The van der Waals surface area contributed by atoms with Crippen LogP contribution in [-0.4, -0.2) is 6.71 Å². The Morgan fingerprint density at radius 1 is 0.235 bits per heavy atom. The lowest BCUT2D eigenvalue weighted by atomic mass is 9.33. The standard InChI is InChI=1S/C78H45BN2O4/c1-4-24-46(25-5-1)50-30-10-11-31-51(50)49-44-60-70-61(45-49)81(59-39-19-13-33-53(59)48-28-8-3-9-29-48)74-72(76-67(55-35-15-21-41-63(55)83-76)69-57-37-17-23-43-65(57)85-78(69)74)79(70)71-73(80(60)58-38-18-12-32-52(58)47-26-6-2-7-27-47)77-68(56-36-16-22-42-64(56)84-77)66-54-34-14-20-40-62(54)82-75(66)71/h1-45H. The molecule has 6 heterocycles. The molecule has 0 N–H and O–H groups in total. The highest BCUT2D eigenvalue weighted by Gasteiger charge is 2.51. The number of anilines is 6. The third-order valence-electron chi connectivity index (χ3n) is 18.0. The summed E-state index contributed by atoms with van der Waals surface area (Å²) in [4.78, 5) is 5.03. The SMILES string of the molecule is c1ccc(-c2ccccc2-c2cc3c4c(c2)N(c2ccccc2-c2ccccc2)c2c(c5oc6ccccc6c5c5c2oc2ccccc25)B4c2c(c4oc5ccccc5c4c4c2oc2ccccc24)N3c2ccccc2-c2ccccc2)cc1. The van der Waals surface area contributed by atoms with Crippen molar-refractivity contribution in [3.63, 3.8) is 0 Å². The molecule has 0 saturated heterocycles. The summed E-state index contributed by atoms with van der Waals surface area (Å²) in [5.41, 5.74) is 23.8. The van der Waals surface area contributed by atoms with E-state index in [4.69, 9.17) is 17.7 Å². The van der Waals surface area contributed by atoms with Crippen molar-refractivity contribution in [3.05, 3.63) is 273 Å². The van der Waals surface area contributed by atoms with E-state index in [0.717, 1.165) is 183 Å². The van der Waals surface area contributed by atoms with Gasteiger partial charge < -0.3 is 27.5 Å². The zero-order valence-corrected chi connectivity index (χ0v) is 45.6. The lowest BCUT2D eigenvalue weighted by Crippen LogP contribution is -2.62. The molecular weight excluding hydrogens is 1040 g/mol. The molecule has 0 bridgehead atoms. The van der Waals surface area contributed by atoms with Crippen molar-refractivity contribution < 1.29 is 17.7 Å². The summed E-state index contributed by atoms with van der Waals surface area (Å²) in [5, 5.41) is 8.08. The highest BCUT2D eigenvalue weighted by Crippen LogP contribution is 2.57. The molecule has 2 aliphatic rings. The van der Waals surface area contributed by atoms with Gasteiger partial charge in [-0.1, -0.05) is 224 Å². The third-order valence-corrected chi connectivity index (χ3v) is 18.0. The number of furan rings is 4. The molecule has 0 aliphatic carbocycles. The van der Waals surface area contributed by atoms with Crippen molar-refractivity contribution in [3.8, 4) is 44.5 Å². The monoisotopic (exact) mass is 1080 g/mol. The predicted molar refractivity (Wildman–Crippen MR) is 351 cm³/mol. The van der Waals surface area contributed by atoms with Gasteiger partial charge in [0.15, 0.2) is 11.2 Å². The number of hydrogen-bond donors (Lipinski definition) is 0. The number of benzene rings is 13. The summed E-state index contributed by atoms with van der Waals surface area (Å²) < 4.78 is 30.4. The average molecular weight is 1090 g/mol. The third kappa shape index (κ3) is 6.44. The molecule has 394 valence electrons. The molecule has 0 fully saturated rings. The second kappa shape index (κ2) is 17.6. The van der Waals surface area contributed by atoms with Crippen molar-refractivity contribution >= 4 is 145 Å². The van der Waals surface area contributed by atoms with E-state index < -0.39 is 6.71 Å². The molecule has 85 heavy (non-hydrogen) atoms. The van der Waals surface area contributed by atoms with Crippen LogP contribution >= 0.6 is 0 Å². The highest BCUT2D eigenvalue weighted by atomic mass is 16.3. The van der Waals surface area contributed by atoms with Crippen molar-refractivity contribution in [1.82, 2.24) is 0 Å². The molecule has 0 saturated carbocycles. The molecule has 7 heteroatoms. The van der Waals surface area contributed by atoms with E-state index in [1.165, 1.54) is 0 Å². The van der Waals surface area contributed by atoms with Gasteiger partial charge in [0, 0.05) is 76.5 Å². The maximum absolute atomic E-state index is 7.62. The van der Waals surface area contributed by atoms with Gasteiger partial charge in [-0.3, -0.25) is 0 Å². The first-order valence-corrected chi connectivity index (χ1v) is 29.0. The Labute approximate surface area is 487 Å². The Hall–Kier alpha value is -11.3.